The van der Waals surface area contributed by atoms with E-state index in [1.54, 1.807) is 13.0 Å². The maximum atomic E-state index is 13.1. The third-order valence-corrected chi connectivity index (χ3v) is 4.83. The molecule has 1 N–H and O–H groups in total. The molecule has 0 aliphatic carbocycles. The van der Waals surface area contributed by atoms with Crippen LogP contribution in [0.5, 0.6) is 0 Å². The van der Waals surface area contributed by atoms with E-state index in [1.165, 1.54) is 48.5 Å². The second-order valence-corrected chi connectivity index (χ2v) is 6.83. The Morgan fingerprint density at radius 1 is 1.31 bits per heavy atom. The van der Waals surface area contributed by atoms with Gasteiger partial charge in [0.15, 0.2) is 0 Å². The zero-order valence-electron chi connectivity index (χ0n) is 15.2. The number of hydrogen-bond acceptors (Lipinski definition) is 7. The Morgan fingerprint density at radius 2 is 2.03 bits per heavy atom. The number of benzene rings is 2. The van der Waals surface area contributed by atoms with Gasteiger partial charge in [-0.25, -0.2) is 14.2 Å². The predicted octanol–water partition coefficient (Wildman–Crippen LogP) is 4.93. The minimum absolute atomic E-state index is 0.100. The summed E-state index contributed by atoms with van der Waals surface area (Å²) in [5.41, 5.74) is 0.647. The Labute approximate surface area is 169 Å². The van der Waals surface area contributed by atoms with E-state index in [-0.39, 0.29) is 33.6 Å². The largest absolute Gasteiger partial charge is 0.506 e. The molecule has 9 heteroatoms. The summed E-state index contributed by atoms with van der Waals surface area (Å²) in [6.07, 6.45) is 1.51. The van der Waals surface area contributed by atoms with Crippen LogP contribution in [0, 0.1) is 15.9 Å². The van der Waals surface area contributed by atoms with Crippen molar-refractivity contribution in [2.75, 3.05) is 6.61 Å². The molecule has 0 atom stereocenters. The number of halogens is 1. The number of esters is 1. The molecular weight excluding hydrogens is 399 g/mol. The van der Waals surface area contributed by atoms with Gasteiger partial charge in [0.1, 0.15) is 22.2 Å². The molecule has 29 heavy (non-hydrogen) atoms. The first-order chi connectivity index (χ1) is 13.9. The minimum Gasteiger partial charge on any atom is -0.506 e. The van der Waals surface area contributed by atoms with Gasteiger partial charge < -0.3 is 9.84 Å². The minimum atomic E-state index is -0.749. The molecule has 0 bridgehead atoms. The number of aliphatic hydroxyl groups excluding tert-OH is 1. The molecule has 1 aliphatic heterocycles. The molecule has 0 unspecified atom stereocenters. The third kappa shape index (κ3) is 4.69. The lowest BCUT2D eigenvalue weighted by molar-refractivity contribution is -0.384. The fourth-order valence-electron chi connectivity index (χ4n) is 2.50. The molecule has 0 spiro atoms. The fraction of sp³-hybridized carbons (Fsp3) is 0.100. The van der Waals surface area contributed by atoms with E-state index in [9.17, 15) is 24.4 Å². The van der Waals surface area contributed by atoms with Crippen molar-refractivity contribution < 1.29 is 24.0 Å². The average molecular weight is 414 g/mol. The molecular formula is C20H15FN2O5S. The summed E-state index contributed by atoms with van der Waals surface area (Å²) >= 11 is 1.01. The van der Waals surface area contributed by atoms with Gasteiger partial charge in [0.2, 0.25) is 0 Å². The van der Waals surface area contributed by atoms with Crippen molar-refractivity contribution in [3.63, 3.8) is 0 Å². The summed E-state index contributed by atoms with van der Waals surface area (Å²) in [6.45, 7) is 1.74. The molecule has 148 valence electrons. The first kappa shape index (κ1) is 20.3. The Bertz CT molecular complexity index is 1060. The monoisotopic (exact) mass is 414 g/mol. The second-order valence-electron chi connectivity index (χ2n) is 5.80. The zero-order valence-corrected chi connectivity index (χ0v) is 16.0. The highest BCUT2D eigenvalue weighted by Gasteiger charge is 2.33. The molecule has 1 heterocycles. The van der Waals surface area contributed by atoms with Crippen molar-refractivity contribution in [3.8, 4) is 0 Å². The van der Waals surface area contributed by atoms with Crippen LogP contribution in [0.1, 0.15) is 12.5 Å². The molecule has 0 radical (unpaired) electrons. The first-order valence-corrected chi connectivity index (χ1v) is 9.30. The number of nitro benzene ring substituents is 1. The van der Waals surface area contributed by atoms with Gasteiger partial charge >= 0.3 is 5.97 Å². The van der Waals surface area contributed by atoms with Crippen molar-refractivity contribution in [3.05, 3.63) is 86.3 Å². The summed E-state index contributed by atoms with van der Waals surface area (Å²) in [6, 6.07) is 11.2. The predicted molar refractivity (Wildman–Crippen MR) is 108 cm³/mol. The van der Waals surface area contributed by atoms with E-state index in [4.69, 9.17) is 4.74 Å². The van der Waals surface area contributed by atoms with E-state index in [1.807, 2.05) is 0 Å². The van der Waals surface area contributed by atoms with E-state index >= 15 is 0 Å². The summed E-state index contributed by atoms with van der Waals surface area (Å²) in [7, 11) is 0. The van der Waals surface area contributed by atoms with Gasteiger partial charge in [-0.1, -0.05) is 23.9 Å². The van der Waals surface area contributed by atoms with Gasteiger partial charge in [0.05, 0.1) is 22.1 Å². The number of carbonyl (C=O) groups excluding carboxylic acids is 1. The lowest BCUT2D eigenvalue weighted by Crippen LogP contribution is -2.12. The molecule has 0 saturated carbocycles. The van der Waals surface area contributed by atoms with Crippen molar-refractivity contribution in [1.29, 1.82) is 0 Å². The molecule has 0 saturated heterocycles. The van der Waals surface area contributed by atoms with Crippen LogP contribution in [-0.4, -0.2) is 27.6 Å². The molecule has 0 amide bonds. The molecule has 2 aromatic rings. The number of aliphatic imine (C=N–C) groups is 1. The third-order valence-electron chi connectivity index (χ3n) is 3.81. The van der Waals surface area contributed by atoms with Crippen LogP contribution < -0.4 is 0 Å². The number of carbonyl (C=O) groups is 1. The van der Waals surface area contributed by atoms with Crippen LogP contribution in [0.15, 0.2) is 69.8 Å². The number of non-ortho nitro benzene ring substituents is 1. The maximum Gasteiger partial charge on any atom is 0.344 e. The van der Waals surface area contributed by atoms with E-state index in [0.29, 0.717) is 11.3 Å². The van der Waals surface area contributed by atoms with Crippen LogP contribution in [-0.2, 0) is 9.53 Å². The number of ether oxygens (including phenoxy) is 1. The highest BCUT2D eigenvalue weighted by molar-refractivity contribution is 8.18. The summed E-state index contributed by atoms with van der Waals surface area (Å²) in [5, 5.41) is 21.7. The molecule has 3 rings (SSSR count). The fourth-order valence-corrected chi connectivity index (χ4v) is 3.54. The van der Waals surface area contributed by atoms with E-state index in [0.717, 1.165) is 11.8 Å². The van der Waals surface area contributed by atoms with Gasteiger partial charge in [-0.2, -0.15) is 0 Å². The van der Waals surface area contributed by atoms with Gasteiger partial charge in [0.25, 0.3) is 5.69 Å². The van der Waals surface area contributed by atoms with Crippen LogP contribution in [0.2, 0.25) is 0 Å². The maximum absolute atomic E-state index is 13.1. The van der Waals surface area contributed by atoms with Crippen LogP contribution >= 0.6 is 11.8 Å². The highest BCUT2D eigenvalue weighted by Crippen LogP contribution is 2.40. The lowest BCUT2D eigenvalue weighted by atomic mass is 10.1. The Kier molecular flexibility index (Phi) is 6.08. The van der Waals surface area contributed by atoms with Crippen molar-refractivity contribution in [1.82, 2.24) is 0 Å². The van der Waals surface area contributed by atoms with Gasteiger partial charge in [-0.3, -0.25) is 10.1 Å². The lowest BCUT2D eigenvalue weighted by Gasteiger charge is -2.03. The number of aliphatic hydroxyl groups is 1. The number of nitro groups is 1. The molecule has 2 aromatic carbocycles. The number of rotatable bonds is 5. The number of nitrogens with zero attached hydrogens (tertiary/aromatic N) is 2. The Hall–Kier alpha value is -3.46. The molecule has 7 nitrogen and oxygen atoms in total. The Morgan fingerprint density at radius 3 is 2.69 bits per heavy atom. The zero-order chi connectivity index (χ0) is 21.0. The second kappa shape index (κ2) is 8.70. The first-order valence-electron chi connectivity index (χ1n) is 8.48. The quantitative estimate of drug-likeness (QED) is 0.423. The number of thioether (sulfide) groups is 1. The summed E-state index contributed by atoms with van der Waals surface area (Å²) < 4.78 is 18.1. The topological polar surface area (TPSA) is 102 Å². The smallest absolute Gasteiger partial charge is 0.344 e. The summed E-state index contributed by atoms with van der Waals surface area (Å²) in [4.78, 5) is 27.4. The van der Waals surface area contributed by atoms with Crippen LogP contribution in [0.25, 0.3) is 6.08 Å². The van der Waals surface area contributed by atoms with Gasteiger partial charge in [0, 0.05) is 12.1 Å². The highest BCUT2D eigenvalue weighted by atomic mass is 32.2. The summed E-state index contributed by atoms with van der Waals surface area (Å²) in [5.74, 6) is -1.51. The van der Waals surface area contributed by atoms with Crippen LogP contribution in [0.3, 0.4) is 0 Å². The van der Waals surface area contributed by atoms with Gasteiger partial charge in [-0.05, 0) is 42.8 Å². The van der Waals surface area contributed by atoms with Crippen molar-refractivity contribution in [2.45, 2.75) is 6.92 Å². The van der Waals surface area contributed by atoms with Crippen molar-refractivity contribution in [2.24, 2.45) is 4.99 Å². The van der Waals surface area contributed by atoms with E-state index < -0.39 is 16.7 Å². The standard InChI is InChI=1S/C20H15FN2O5S/c1-2-28-20(25)17-18(24)16(11-12-4-3-5-15(10-12)23(26)27)29-19(17)22-14-8-6-13(21)7-9-14/h3-11,24H,2H2,1H3. The molecule has 1 aliphatic rings. The number of hydrogen-bond donors (Lipinski definition) is 1. The Balaban J connectivity index is 2.04. The van der Waals surface area contributed by atoms with Crippen molar-refractivity contribution >= 4 is 40.2 Å². The molecule has 0 aromatic heterocycles. The van der Waals surface area contributed by atoms with Crippen LogP contribution in [0.4, 0.5) is 15.8 Å². The normalized spacial score (nSPS) is 16.5. The molecule has 0 fully saturated rings. The van der Waals surface area contributed by atoms with E-state index in [2.05, 4.69) is 4.99 Å². The van der Waals surface area contributed by atoms with Gasteiger partial charge in [-0.15, -0.1) is 0 Å². The average Bonchev–Trinajstić information content (AvgIpc) is 2.99. The SMILES string of the molecule is CCOC(=O)C1=C(O)C(=Cc2cccc([N+](=O)[O-])c2)SC1=Nc1ccc(F)cc1.